The Morgan fingerprint density at radius 1 is 1.08 bits per heavy atom. The number of ether oxygens (including phenoxy) is 2. The zero-order valence-corrected chi connectivity index (χ0v) is 23.7. The SMILES string of the molecule is CCCC(C)(CNC(=O)c1c(C)nn2c(OCc3c(F)cccc3F)cc(CC)cc12)NC(=O)OC(C)(C)C. The fourth-order valence-corrected chi connectivity index (χ4v) is 4.35. The lowest BCUT2D eigenvalue weighted by molar-refractivity contribution is 0.0453. The van der Waals surface area contributed by atoms with E-state index in [1.807, 2.05) is 26.8 Å². The summed E-state index contributed by atoms with van der Waals surface area (Å²) < 4.78 is 41.0. The lowest BCUT2D eigenvalue weighted by Gasteiger charge is -2.32. The van der Waals surface area contributed by atoms with Gasteiger partial charge >= 0.3 is 6.09 Å². The number of benzene rings is 1. The van der Waals surface area contributed by atoms with Crippen molar-refractivity contribution in [1.29, 1.82) is 0 Å². The van der Waals surface area contributed by atoms with E-state index in [4.69, 9.17) is 9.47 Å². The van der Waals surface area contributed by atoms with Crippen LogP contribution in [0.3, 0.4) is 0 Å². The summed E-state index contributed by atoms with van der Waals surface area (Å²) in [6, 6.07) is 7.22. The van der Waals surface area contributed by atoms with E-state index in [0.29, 0.717) is 29.6 Å². The van der Waals surface area contributed by atoms with Crippen molar-refractivity contribution in [2.24, 2.45) is 0 Å². The Morgan fingerprint density at radius 2 is 1.74 bits per heavy atom. The van der Waals surface area contributed by atoms with Crippen LogP contribution < -0.4 is 15.4 Å². The minimum atomic E-state index is -0.740. The smallest absolute Gasteiger partial charge is 0.408 e. The maximum absolute atomic E-state index is 14.2. The molecule has 3 aromatic rings. The van der Waals surface area contributed by atoms with Crippen molar-refractivity contribution in [2.75, 3.05) is 6.54 Å². The normalized spacial score (nSPS) is 13.2. The topological polar surface area (TPSA) is 94.0 Å². The average Bonchev–Trinajstić information content (AvgIpc) is 3.16. The summed E-state index contributed by atoms with van der Waals surface area (Å²) in [6.07, 6.45) is 1.48. The van der Waals surface area contributed by atoms with Gasteiger partial charge in [0.2, 0.25) is 5.88 Å². The van der Waals surface area contributed by atoms with Crippen LogP contribution in [0.5, 0.6) is 5.88 Å². The third-order valence-electron chi connectivity index (χ3n) is 6.24. The third-order valence-corrected chi connectivity index (χ3v) is 6.24. The van der Waals surface area contributed by atoms with E-state index in [1.54, 1.807) is 33.8 Å². The summed E-state index contributed by atoms with van der Waals surface area (Å²) in [6.45, 7) is 12.7. The number of alkyl carbamates (subject to hydrolysis) is 1. The van der Waals surface area contributed by atoms with Crippen LogP contribution >= 0.6 is 0 Å². The van der Waals surface area contributed by atoms with Crippen molar-refractivity contribution in [3.8, 4) is 5.88 Å². The molecule has 2 amide bonds. The van der Waals surface area contributed by atoms with Crippen LogP contribution in [-0.2, 0) is 17.8 Å². The summed E-state index contributed by atoms with van der Waals surface area (Å²) in [4.78, 5) is 25.9. The van der Waals surface area contributed by atoms with Gasteiger partial charge in [0, 0.05) is 12.6 Å². The van der Waals surface area contributed by atoms with Crippen LogP contribution in [0.2, 0.25) is 0 Å². The van der Waals surface area contributed by atoms with Crippen molar-refractivity contribution in [1.82, 2.24) is 20.2 Å². The predicted molar refractivity (Wildman–Crippen MR) is 145 cm³/mol. The Bertz CT molecular complexity index is 1330. The van der Waals surface area contributed by atoms with E-state index >= 15 is 0 Å². The summed E-state index contributed by atoms with van der Waals surface area (Å²) in [7, 11) is 0. The van der Waals surface area contributed by atoms with Crippen LogP contribution in [0.4, 0.5) is 13.6 Å². The molecule has 10 heteroatoms. The number of aryl methyl sites for hydroxylation is 2. The molecule has 2 N–H and O–H groups in total. The van der Waals surface area contributed by atoms with Gasteiger partial charge in [-0.15, -0.1) is 0 Å². The number of hydrogen-bond donors (Lipinski definition) is 2. The Balaban J connectivity index is 1.87. The number of hydrogen-bond acceptors (Lipinski definition) is 5. The minimum Gasteiger partial charge on any atom is -0.473 e. The van der Waals surface area contributed by atoms with Crippen LogP contribution in [0.1, 0.15) is 81.6 Å². The maximum atomic E-state index is 14.2. The van der Waals surface area contributed by atoms with Crippen molar-refractivity contribution in [3.05, 3.63) is 64.4 Å². The molecule has 0 saturated heterocycles. The molecular formula is C29H38F2N4O4. The number of carbonyl (C=O) groups is 2. The first kappa shape index (κ1) is 29.9. The highest BCUT2D eigenvalue weighted by Gasteiger charge is 2.30. The second-order valence-electron chi connectivity index (χ2n) is 10.9. The highest BCUT2D eigenvalue weighted by Crippen LogP contribution is 2.26. The Kier molecular flexibility index (Phi) is 9.19. The highest BCUT2D eigenvalue weighted by molar-refractivity contribution is 6.02. The number of carbonyl (C=O) groups excluding carboxylic acids is 2. The second kappa shape index (κ2) is 12.0. The van der Waals surface area contributed by atoms with Crippen LogP contribution in [0, 0.1) is 18.6 Å². The molecule has 3 rings (SSSR count). The Morgan fingerprint density at radius 3 is 2.33 bits per heavy atom. The molecule has 0 fully saturated rings. The molecule has 0 aliphatic heterocycles. The molecule has 212 valence electrons. The molecule has 2 heterocycles. The number of amides is 2. The minimum absolute atomic E-state index is 0.166. The molecule has 8 nitrogen and oxygen atoms in total. The number of fused-ring (bicyclic) bond motifs is 1. The van der Waals surface area contributed by atoms with E-state index in [1.165, 1.54) is 22.7 Å². The highest BCUT2D eigenvalue weighted by atomic mass is 19.1. The van der Waals surface area contributed by atoms with Crippen LogP contribution in [0.15, 0.2) is 30.3 Å². The lowest BCUT2D eigenvalue weighted by Crippen LogP contribution is -2.54. The van der Waals surface area contributed by atoms with E-state index < -0.39 is 28.9 Å². The van der Waals surface area contributed by atoms with Gasteiger partial charge in [0.1, 0.15) is 23.8 Å². The number of nitrogens with one attached hydrogen (secondary N) is 2. The van der Waals surface area contributed by atoms with Gasteiger partial charge in [0.15, 0.2) is 0 Å². The number of halogens is 2. The third kappa shape index (κ3) is 7.46. The Labute approximate surface area is 228 Å². The monoisotopic (exact) mass is 544 g/mol. The van der Waals surface area contributed by atoms with Gasteiger partial charge in [0.25, 0.3) is 5.91 Å². The summed E-state index contributed by atoms with van der Waals surface area (Å²) in [5, 5.41) is 10.3. The molecule has 1 atom stereocenters. The van der Waals surface area contributed by atoms with Crippen molar-refractivity contribution >= 4 is 17.5 Å². The zero-order chi connectivity index (χ0) is 29.0. The van der Waals surface area contributed by atoms with Gasteiger partial charge in [-0.2, -0.15) is 9.61 Å². The average molecular weight is 545 g/mol. The fraction of sp³-hybridized carbons (Fsp3) is 0.483. The molecule has 39 heavy (non-hydrogen) atoms. The number of rotatable bonds is 10. The second-order valence-corrected chi connectivity index (χ2v) is 10.9. The standard InChI is InChI=1S/C29H38F2N4O4/c1-8-13-29(7,33-27(37)39-28(4,5)6)17-32-26(36)25-18(3)34-35-23(25)14-19(9-2)15-24(35)38-16-20-21(30)11-10-12-22(20)31/h10-12,14-15H,8-9,13,16-17H2,1-7H3,(H,32,36)(H,33,37). The molecule has 0 radical (unpaired) electrons. The van der Waals surface area contributed by atoms with Gasteiger partial charge in [-0.05, 0) is 71.2 Å². The summed E-state index contributed by atoms with van der Waals surface area (Å²) in [5.74, 6) is -1.51. The number of pyridine rings is 1. The summed E-state index contributed by atoms with van der Waals surface area (Å²) in [5.41, 5.74) is 0.596. The lowest BCUT2D eigenvalue weighted by atomic mass is 9.96. The Hall–Kier alpha value is -3.69. The number of aromatic nitrogens is 2. The largest absolute Gasteiger partial charge is 0.473 e. The first-order valence-electron chi connectivity index (χ1n) is 13.1. The zero-order valence-electron chi connectivity index (χ0n) is 23.7. The van der Waals surface area contributed by atoms with E-state index in [-0.39, 0.29) is 30.5 Å². The van der Waals surface area contributed by atoms with Gasteiger partial charge in [-0.3, -0.25) is 4.79 Å². The molecular weight excluding hydrogens is 506 g/mol. The quantitative estimate of drug-likeness (QED) is 0.333. The fourth-order valence-electron chi connectivity index (χ4n) is 4.35. The van der Waals surface area contributed by atoms with Gasteiger partial charge in [-0.25, -0.2) is 13.6 Å². The van der Waals surface area contributed by atoms with Crippen molar-refractivity contribution in [2.45, 2.75) is 85.5 Å². The van der Waals surface area contributed by atoms with E-state index in [0.717, 1.165) is 12.0 Å². The van der Waals surface area contributed by atoms with Crippen LogP contribution in [-0.4, -0.2) is 39.3 Å². The van der Waals surface area contributed by atoms with E-state index in [2.05, 4.69) is 15.7 Å². The van der Waals surface area contributed by atoms with Gasteiger partial charge in [0.05, 0.1) is 27.9 Å². The molecule has 0 aliphatic rings. The maximum Gasteiger partial charge on any atom is 0.408 e. The first-order chi connectivity index (χ1) is 18.3. The van der Waals surface area contributed by atoms with Gasteiger partial charge < -0.3 is 20.1 Å². The molecule has 1 unspecified atom stereocenters. The summed E-state index contributed by atoms with van der Waals surface area (Å²) >= 11 is 0. The van der Waals surface area contributed by atoms with Crippen molar-refractivity contribution < 1.29 is 27.8 Å². The van der Waals surface area contributed by atoms with Gasteiger partial charge in [-0.1, -0.05) is 26.3 Å². The van der Waals surface area contributed by atoms with E-state index in [9.17, 15) is 18.4 Å². The molecule has 0 saturated carbocycles. The number of nitrogens with zero attached hydrogens (tertiary/aromatic N) is 2. The molecule has 1 aromatic carbocycles. The predicted octanol–water partition coefficient (Wildman–Crippen LogP) is 5.88. The van der Waals surface area contributed by atoms with Crippen molar-refractivity contribution in [3.63, 3.8) is 0 Å². The molecule has 0 spiro atoms. The molecule has 0 aliphatic carbocycles. The van der Waals surface area contributed by atoms with Crippen LogP contribution in [0.25, 0.3) is 5.52 Å². The first-order valence-corrected chi connectivity index (χ1v) is 13.1. The molecule has 0 bridgehead atoms. The molecule has 2 aromatic heterocycles.